The fraction of sp³-hybridized carbons (Fsp3) is 0.500. The van der Waals surface area contributed by atoms with Crippen molar-refractivity contribution in [2.24, 2.45) is 5.92 Å². The predicted molar refractivity (Wildman–Crippen MR) is 100 cm³/mol. The van der Waals surface area contributed by atoms with Gasteiger partial charge < -0.3 is 9.84 Å². The maximum Gasteiger partial charge on any atom is 0.271 e. The summed E-state index contributed by atoms with van der Waals surface area (Å²) in [6.45, 7) is 6.74. The number of aliphatic hydroxyl groups is 1. The average Bonchev–Trinajstić information content (AvgIpc) is 2.89. The Bertz CT molecular complexity index is 975. The molecule has 0 aliphatic carbocycles. The first-order chi connectivity index (χ1) is 12.0. The molecule has 3 heterocycles. The number of nitrogens with zero attached hydrogens (tertiary/aromatic N) is 3. The number of aromatic nitrogens is 3. The summed E-state index contributed by atoms with van der Waals surface area (Å²) in [5, 5.41) is 10.3. The van der Waals surface area contributed by atoms with Crippen molar-refractivity contribution in [2.45, 2.75) is 40.3 Å². The van der Waals surface area contributed by atoms with Crippen LogP contribution in [0.4, 0.5) is 0 Å². The third-order valence-electron chi connectivity index (χ3n) is 4.05. The molecule has 0 radical (unpaired) electrons. The topological polar surface area (TPSA) is 77.2 Å². The lowest BCUT2D eigenvalue weighted by Crippen LogP contribution is -2.27. The molecule has 0 bridgehead atoms. The van der Waals surface area contributed by atoms with Crippen LogP contribution in [0.15, 0.2) is 10.9 Å². The second kappa shape index (κ2) is 7.19. The Balaban J connectivity index is 2.39. The molecule has 3 aromatic rings. The summed E-state index contributed by atoms with van der Waals surface area (Å²) in [6, 6.07) is 1.99. The van der Waals surface area contributed by atoms with Gasteiger partial charge >= 0.3 is 0 Å². The number of pyridine rings is 1. The molecule has 0 saturated heterocycles. The quantitative estimate of drug-likeness (QED) is 0.730. The van der Waals surface area contributed by atoms with Gasteiger partial charge in [-0.05, 0) is 24.5 Å². The SMILES string of the molecule is COCc1cc(C)nc2sc3c(=O)n(CCO)c(CC(C)C)nc3c12. The van der Waals surface area contributed by atoms with Crippen molar-refractivity contribution >= 4 is 31.8 Å². The standard InChI is InChI=1S/C18H23N3O3S/c1-10(2)7-13-20-15-14-12(9-24-4)8-11(3)19-17(14)25-16(15)18(23)21(13)5-6-22/h8,10,22H,5-7,9H2,1-4H3. The fourth-order valence-corrected chi connectivity index (χ4v) is 4.25. The van der Waals surface area contributed by atoms with Gasteiger partial charge in [-0.2, -0.15) is 0 Å². The molecule has 0 amide bonds. The molecule has 6 nitrogen and oxygen atoms in total. The number of aliphatic hydroxyl groups excluding tert-OH is 1. The summed E-state index contributed by atoms with van der Waals surface area (Å²) < 4.78 is 7.52. The Labute approximate surface area is 150 Å². The maximum atomic E-state index is 13.0. The normalized spacial score (nSPS) is 11.9. The van der Waals surface area contributed by atoms with Crippen molar-refractivity contribution in [3.8, 4) is 0 Å². The van der Waals surface area contributed by atoms with E-state index in [4.69, 9.17) is 9.72 Å². The van der Waals surface area contributed by atoms with Crippen molar-refractivity contribution in [1.29, 1.82) is 0 Å². The highest BCUT2D eigenvalue weighted by atomic mass is 32.1. The van der Waals surface area contributed by atoms with Gasteiger partial charge in [-0.25, -0.2) is 9.97 Å². The predicted octanol–water partition coefficient (Wildman–Crippen LogP) is 2.65. The Kier molecular flexibility index (Phi) is 5.17. The number of ether oxygens (including phenoxy) is 1. The molecular weight excluding hydrogens is 338 g/mol. The van der Waals surface area contributed by atoms with Crippen LogP contribution in [0.3, 0.4) is 0 Å². The summed E-state index contributed by atoms with van der Waals surface area (Å²) >= 11 is 1.37. The van der Waals surface area contributed by atoms with E-state index in [1.165, 1.54) is 11.3 Å². The molecular formula is C18H23N3O3S. The molecule has 0 saturated carbocycles. The van der Waals surface area contributed by atoms with Gasteiger partial charge in [0.05, 0.1) is 25.3 Å². The second-order valence-corrected chi connectivity index (χ2v) is 7.62. The minimum Gasteiger partial charge on any atom is -0.395 e. The molecule has 25 heavy (non-hydrogen) atoms. The van der Waals surface area contributed by atoms with Crippen molar-refractivity contribution in [1.82, 2.24) is 14.5 Å². The van der Waals surface area contributed by atoms with Crippen LogP contribution in [-0.4, -0.2) is 33.4 Å². The van der Waals surface area contributed by atoms with Crippen LogP contribution >= 0.6 is 11.3 Å². The fourth-order valence-electron chi connectivity index (χ4n) is 3.10. The van der Waals surface area contributed by atoms with Crippen molar-refractivity contribution in [2.75, 3.05) is 13.7 Å². The largest absolute Gasteiger partial charge is 0.395 e. The van der Waals surface area contributed by atoms with Gasteiger partial charge in [-0.3, -0.25) is 9.36 Å². The first-order valence-corrected chi connectivity index (χ1v) is 9.20. The van der Waals surface area contributed by atoms with Crippen LogP contribution in [0.1, 0.15) is 30.9 Å². The number of hydrogen-bond acceptors (Lipinski definition) is 6. The molecule has 0 aliphatic heterocycles. The summed E-state index contributed by atoms with van der Waals surface area (Å²) in [4.78, 5) is 23.2. The Morgan fingerprint density at radius 1 is 1.36 bits per heavy atom. The summed E-state index contributed by atoms with van der Waals surface area (Å²) in [7, 11) is 1.65. The van der Waals surface area contributed by atoms with E-state index in [9.17, 15) is 9.90 Å². The molecule has 134 valence electrons. The van der Waals surface area contributed by atoms with Gasteiger partial charge in [-0.1, -0.05) is 13.8 Å². The molecule has 0 fully saturated rings. The molecule has 1 N–H and O–H groups in total. The van der Waals surface area contributed by atoms with Gasteiger partial charge in [0.15, 0.2) is 0 Å². The molecule has 0 unspecified atom stereocenters. The molecule has 0 atom stereocenters. The van der Waals surface area contributed by atoms with Crippen molar-refractivity contribution in [3.05, 3.63) is 33.5 Å². The average molecular weight is 361 g/mol. The Morgan fingerprint density at radius 3 is 2.76 bits per heavy atom. The lowest BCUT2D eigenvalue weighted by Gasteiger charge is -2.13. The number of methoxy groups -OCH3 is 1. The highest BCUT2D eigenvalue weighted by molar-refractivity contribution is 7.25. The van der Waals surface area contributed by atoms with Gasteiger partial charge in [0.1, 0.15) is 15.4 Å². The lowest BCUT2D eigenvalue weighted by atomic mass is 10.1. The summed E-state index contributed by atoms with van der Waals surface area (Å²) in [5.74, 6) is 1.07. The number of rotatable bonds is 6. The smallest absolute Gasteiger partial charge is 0.271 e. The van der Waals surface area contributed by atoms with Crippen molar-refractivity contribution in [3.63, 3.8) is 0 Å². The minimum absolute atomic E-state index is 0.0879. The molecule has 7 heteroatoms. The highest BCUT2D eigenvalue weighted by Gasteiger charge is 2.19. The van der Waals surface area contributed by atoms with E-state index in [1.807, 2.05) is 13.0 Å². The first-order valence-electron chi connectivity index (χ1n) is 8.38. The Morgan fingerprint density at radius 2 is 2.12 bits per heavy atom. The first kappa shape index (κ1) is 18.0. The lowest BCUT2D eigenvalue weighted by molar-refractivity contribution is 0.186. The van der Waals surface area contributed by atoms with Crippen LogP contribution in [0.2, 0.25) is 0 Å². The van der Waals surface area contributed by atoms with E-state index in [0.717, 1.165) is 21.5 Å². The zero-order valence-electron chi connectivity index (χ0n) is 15.0. The van der Waals surface area contributed by atoms with Crippen LogP contribution in [0.25, 0.3) is 20.4 Å². The number of hydrogen-bond donors (Lipinski definition) is 1. The van der Waals surface area contributed by atoms with E-state index in [0.29, 0.717) is 35.0 Å². The highest BCUT2D eigenvalue weighted by Crippen LogP contribution is 2.33. The molecule has 0 aromatic carbocycles. The third-order valence-corrected chi connectivity index (χ3v) is 5.11. The van der Waals surface area contributed by atoms with Gasteiger partial charge in [0, 0.05) is 24.6 Å². The molecule has 0 spiro atoms. The number of fused-ring (bicyclic) bond motifs is 3. The zero-order valence-corrected chi connectivity index (χ0v) is 15.8. The van der Waals surface area contributed by atoms with Crippen LogP contribution < -0.4 is 5.56 Å². The van der Waals surface area contributed by atoms with Crippen LogP contribution in [0.5, 0.6) is 0 Å². The molecule has 0 aliphatic rings. The summed E-state index contributed by atoms with van der Waals surface area (Å²) in [6.07, 6.45) is 0.682. The third kappa shape index (κ3) is 3.31. The van der Waals surface area contributed by atoms with Crippen LogP contribution in [-0.2, 0) is 24.3 Å². The van der Waals surface area contributed by atoms with E-state index in [2.05, 4.69) is 18.8 Å². The van der Waals surface area contributed by atoms with Gasteiger partial charge in [0.25, 0.3) is 5.56 Å². The van der Waals surface area contributed by atoms with E-state index in [-0.39, 0.29) is 18.7 Å². The molecule has 3 rings (SSSR count). The van der Waals surface area contributed by atoms with Crippen molar-refractivity contribution < 1.29 is 9.84 Å². The van der Waals surface area contributed by atoms with E-state index >= 15 is 0 Å². The van der Waals surface area contributed by atoms with E-state index < -0.39 is 0 Å². The van der Waals surface area contributed by atoms with E-state index in [1.54, 1.807) is 11.7 Å². The monoisotopic (exact) mass is 361 g/mol. The second-order valence-electron chi connectivity index (χ2n) is 6.62. The minimum atomic E-state index is -0.0984. The molecule has 3 aromatic heterocycles. The maximum absolute atomic E-state index is 13.0. The summed E-state index contributed by atoms with van der Waals surface area (Å²) in [5.41, 5.74) is 2.50. The van der Waals surface area contributed by atoms with Gasteiger partial charge in [-0.15, -0.1) is 11.3 Å². The zero-order chi connectivity index (χ0) is 18.1. The Hall–Kier alpha value is -1.83. The number of thiophene rings is 1. The van der Waals surface area contributed by atoms with Crippen LogP contribution in [0, 0.1) is 12.8 Å². The number of aryl methyl sites for hydroxylation is 1. The van der Waals surface area contributed by atoms with Gasteiger partial charge in [0.2, 0.25) is 0 Å².